The molecule has 3 atom stereocenters. The number of amides is 3. The zero-order chi connectivity index (χ0) is 20.2. The number of sulfone groups is 1. The first kappa shape index (κ1) is 21.8. The standard InChI is InChI=1S/C17H23Cl2N3O4S/c1-3-10(2)15(16(23)21-14-5-4-11(18)8-13(14)19)22-17(24)20-12-6-7-27(25,26)9-12/h4-5,8,10,12,15H,3,6-7,9H2,1-2H3,(H,21,23)(H2,20,22,24)/t10-,12?,15+/m1/s1. The van der Waals surface area contributed by atoms with Crippen molar-refractivity contribution in [3.63, 3.8) is 0 Å². The zero-order valence-electron chi connectivity index (χ0n) is 15.1. The maximum absolute atomic E-state index is 12.7. The fourth-order valence-corrected chi connectivity index (χ4v) is 4.91. The molecule has 0 aliphatic carbocycles. The average Bonchev–Trinajstić information content (AvgIpc) is 2.92. The van der Waals surface area contributed by atoms with E-state index in [2.05, 4.69) is 16.0 Å². The molecule has 1 aliphatic heterocycles. The van der Waals surface area contributed by atoms with Crippen molar-refractivity contribution in [1.29, 1.82) is 0 Å². The summed E-state index contributed by atoms with van der Waals surface area (Å²) in [6.07, 6.45) is 1.03. The normalized spacial score (nSPS) is 20.5. The van der Waals surface area contributed by atoms with E-state index in [-0.39, 0.29) is 17.4 Å². The largest absolute Gasteiger partial charge is 0.334 e. The third-order valence-electron chi connectivity index (χ3n) is 4.54. The van der Waals surface area contributed by atoms with Crippen molar-refractivity contribution in [3.8, 4) is 0 Å². The van der Waals surface area contributed by atoms with Gasteiger partial charge in [-0.05, 0) is 30.5 Å². The van der Waals surface area contributed by atoms with E-state index in [0.717, 1.165) is 0 Å². The van der Waals surface area contributed by atoms with Crippen LogP contribution < -0.4 is 16.0 Å². The number of carbonyl (C=O) groups is 2. The van der Waals surface area contributed by atoms with E-state index in [0.29, 0.717) is 28.6 Å². The van der Waals surface area contributed by atoms with Crippen molar-refractivity contribution in [2.45, 2.75) is 38.8 Å². The first-order valence-corrected chi connectivity index (χ1v) is 11.2. The topological polar surface area (TPSA) is 104 Å². The number of anilines is 1. The lowest BCUT2D eigenvalue weighted by Gasteiger charge is -2.24. The summed E-state index contributed by atoms with van der Waals surface area (Å²) in [5.74, 6) is -0.583. The highest BCUT2D eigenvalue weighted by Crippen LogP contribution is 2.26. The molecule has 3 amide bonds. The molecule has 1 aliphatic rings. The average molecular weight is 436 g/mol. The molecule has 1 aromatic rings. The van der Waals surface area contributed by atoms with E-state index in [4.69, 9.17) is 23.2 Å². The van der Waals surface area contributed by atoms with Gasteiger partial charge in [0, 0.05) is 11.1 Å². The predicted octanol–water partition coefficient (Wildman–Crippen LogP) is 2.83. The Bertz CT molecular complexity index is 816. The number of rotatable bonds is 6. The van der Waals surface area contributed by atoms with Gasteiger partial charge in [-0.1, -0.05) is 43.5 Å². The molecule has 0 radical (unpaired) electrons. The van der Waals surface area contributed by atoms with Crippen LogP contribution in [-0.4, -0.2) is 43.9 Å². The second-order valence-electron chi connectivity index (χ2n) is 6.69. The number of hydrogen-bond acceptors (Lipinski definition) is 4. The third-order valence-corrected chi connectivity index (χ3v) is 6.85. The van der Waals surface area contributed by atoms with Crippen LogP contribution in [0, 0.1) is 5.92 Å². The van der Waals surface area contributed by atoms with E-state index in [9.17, 15) is 18.0 Å². The Morgan fingerprint density at radius 2 is 2.00 bits per heavy atom. The van der Waals surface area contributed by atoms with Gasteiger partial charge in [0.1, 0.15) is 6.04 Å². The summed E-state index contributed by atoms with van der Waals surface area (Å²) in [4.78, 5) is 25.0. The van der Waals surface area contributed by atoms with Crippen LogP contribution in [0.4, 0.5) is 10.5 Å². The van der Waals surface area contributed by atoms with Crippen molar-refractivity contribution < 1.29 is 18.0 Å². The summed E-state index contributed by atoms with van der Waals surface area (Å²) < 4.78 is 23.0. The molecule has 0 spiro atoms. The highest BCUT2D eigenvalue weighted by Gasteiger charge is 2.31. The highest BCUT2D eigenvalue weighted by atomic mass is 35.5. The van der Waals surface area contributed by atoms with Crippen LogP contribution in [0.25, 0.3) is 0 Å². The van der Waals surface area contributed by atoms with Crippen LogP contribution in [0.5, 0.6) is 0 Å². The molecular formula is C17H23Cl2N3O4S. The van der Waals surface area contributed by atoms with Crippen LogP contribution in [0.15, 0.2) is 18.2 Å². The van der Waals surface area contributed by atoms with Crippen LogP contribution >= 0.6 is 23.2 Å². The Hall–Kier alpha value is -1.51. The predicted molar refractivity (Wildman–Crippen MR) is 107 cm³/mol. The van der Waals surface area contributed by atoms with Crippen molar-refractivity contribution in [2.24, 2.45) is 5.92 Å². The Balaban J connectivity index is 2.03. The lowest BCUT2D eigenvalue weighted by atomic mass is 9.98. The van der Waals surface area contributed by atoms with Gasteiger partial charge in [0.2, 0.25) is 5.91 Å². The minimum atomic E-state index is -3.10. The lowest BCUT2D eigenvalue weighted by molar-refractivity contribution is -0.119. The molecule has 0 aromatic heterocycles. The molecule has 1 aromatic carbocycles. The molecule has 27 heavy (non-hydrogen) atoms. The van der Waals surface area contributed by atoms with E-state index in [1.165, 1.54) is 6.07 Å². The second kappa shape index (κ2) is 9.12. The van der Waals surface area contributed by atoms with Gasteiger partial charge in [0.05, 0.1) is 22.2 Å². The number of benzene rings is 1. The van der Waals surface area contributed by atoms with E-state index < -0.39 is 33.9 Å². The van der Waals surface area contributed by atoms with Crippen LogP contribution in [0.3, 0.4) is 0 Å². The van der Waals surface area contributed by atoms with Crippen LogP contribution in [-0.2, 0) is 14.6 Å². The Morgan fingerprint density at radius 1 is 1.30 bits per heavy atom. The Labute approximate surface area is 169 Å². The van der Waals surface area contributed by atoms with Crippen molar-refractivity contribution >= 4 is 50.7 Å². The summed E-state index contributed by atoms with van der Waals surface area (Å²) in [6.45, 7) is 3.75. The first-order chi connectivity index (χ1) is 12.6. The summed E-state index contributed by atoms with van der Waals surface area (Å²) >= 11 is 11.9. The molecule has 150 valence electrons. The van der Waals surface area contributed by atoms with Gasteiger partial charge >= 0.3 is 6.03 Å². The number of carbonyl (C=O) groups excluding carboxylic acids is 2. The van der Waals surface area contributed by atoms with Crippen LogP contribution in [0.2, 0.25) is 10.0 Å². The molecule has 2 rings (SSSR count). The summed E-state index contributed by atoms with van der Waals surface area (Å²) in [6, 6.07) is 2.88. The summed E-state index contributed by atoms with van der Waals surface area (Å²) in [5.41, 5.74) is 0.392. The summed E-state index contributed by atoms with van der Waals surface area (Å²) in [7, 11) is -3.10. The fraction of sp³-hybridized carbons (Fsp3) is 0.529. The molecule has 1 saturated heterocycles. The van der Waals surface area contributed by atoms with Gasteiger partial charge in [0.15, 0.2) is 9.84 Å². The monoisotopic (exact) mass is 435 g/mol. The number of nitrogens with one attached hydrogen (secondary N) is 3. The van der Waals surface area contributed by atoms with E-state index in [1.807, 2.05) is 13.8 Å². The van der Waals surface area contributed by atoms with Crippen molar-refractivity contribution in [2.75, 3.05) is 16.8 Å². The van der Waals surface area contributed by atoms with E-state index in [1.54, 1.807) is 12.1 Å². The van der Waals surface area contributed by atoms with Gasteiger partial charge in [0.25, 0.3) is 0 Å². The van der Waals surface area contributed by atoms with Gasteiger partial charge in [-0.2, -0.15) is 0 Å². The molecule has 1 unspecified atom stereocenters. The highest BCUT2D eigenvalue weighted by molar-refractivity contribution is 7.91. The van der Waals surface area contributed by atoms with Gasteiger partial charge in [-0.15, -0.1) is 0 Å². The molecular weight excluding hydrogens is 413 g/mol. The summed E-state index contributed by atoms with van der Waals surface area (Å²) in [5, 5.41) is 8.71. The van der Waals surface area contributed by atoms with Crippen LogP contribution in [0.1, 0.15) is 26.7 Å². The minimum Gasteiger partial charge on any atom is -0.334 e. The molecule has 0 bridgehead atoms. The maximum Gasteiger partial charge on any atom is 0.315 e. The Morgan fingerprint density at radius 3 is 2.56 bits per heavy atom. The number of halogens is 2. The minimum absolute atomic E-state index is 0.0578. The van der Waals surface area contributed by atoms with Crippen molar-refractivity contribution in [1.82, 2.24) is 10.6 Å². The number of hydrogen-bond donors (Lipinski definition) is 3. The molecule has 1 fully saturated rings. The quantitative estimate of drug-likeness (QED) is 0.638. The fourth-order valence-electron chi connectivity index (χ4n) is 2.78. The van der Waals surface area contributed by atoms with Gasteiger partial charge in [-0.25, -0.2) is 13.2 Å². The molecule has 1 heterocycles. The maximum atomic E-state index is 12.7. The Kier molecular flexibility index (Phi) is 7.36. The number of urea groups is 1. The SMILES string of the molecule is CC[C@@H](C)[C@H](NC(=O)NC1CCS(=O)(=O)C1)C(=O)Nc1ccc(Cl)cc1Cl. The molecule has 3 N–H and O–H groups in total. The first-order valence-electron chi connectivity index (χ1n) is 8.64. The van der Waals surface area contributed by atoms with Gasteiger partial charge < -0.3 is 16.0 Å². The van der Waals surface area contributed by atoms with Crippen molar-refractivity contribution in [3.05, 3.63) is 28.2 Å². The lowest BCUT2D eigenvalue weighted by Crippen LogP contribution is -2.53. The smallest absolute Gasteiger partial charge is 0.315 e. The third kappa shape index (κ3) is 6.26. The molecule has 10 heteroatoms. The second-order valence-corrected chi connectivity index (χ2v) is 9.77. The molecule has 0 saturated carbocycles. The zero-order valence-corrected chi connectivity index (χ0v) is 17.4. The van der Waals surface area contributed by atoms with Gasteiger partial charge in [-0.3, -0.25) is 4.79 Å². The van der Waals surface area contributed by atoms with E-state index >= 15 is 0 Å². The molecule has 7 nitrogen and oxygen atoms in total.